The van der Waals surface area contributed by atoms with Crippen LogP contribution in [0.25, 0.3) is 0 Å². The Morgan fingerprint density at radius 1 is 1.69 bits per heavy atom. The number of ether oxygens (including phenoxy) is 1. The summed E-state index contributed by atoms with van der Waals surface area (Å²) in [7, 11) is 1.17. The summed E-state index contributed by atoms with van der Waals surface area (Å²) in [6.07, 6.45) is -3.11. The van der Waals surface area contributed by atoms with Crippen molar-refractivity contribution in [3.8, 4) is 0 Å². The fourth-order valence-electron chi connectivity index (χ4n) is 1.19. The van der Waals surface area contributed by atoms with Crippen LogP contribution in [0.1, 0.15) is 17.7 Å². The molecule has 7 heteroatoms. The van der Waals surface area contributed by atoms with E-state index in [1.54, 1.807) is 0 Å². The summed E-state index contributed by atoms with van der Waals surface area (Å²) in [5.41, 5.74) is 4.84. The number of methoxy groups -OCH3 is 1. The molecule has 0 amide bonds. The molecule has 0 atom stereocenters. The highest BCUT2D eigenvalue weighted by Gasteiger charge is 2.20. The molecule has 88 valence electrons. The Labute approximate surface area is 98.9 Å². The van der Waals surface area contributed by atoms with Crippen molar-refractivity contribution in [1.29, 1.82) is 0 Å². The average Bonchev–Trinajstić information content (AvgIpc) is 2.15. The molecular weight excluding hydrogens is 286 g/mol. The summed E-state index contributed by atoms with van der Waals surface area (Å²) >= 11 is 3.02. The maximum Gasteiger partial charge on any atom is 0.311 e. The Morgan fingerprint density at radius 3 is 2.81 bits per heavy atom. The van der Waals surface area contributed by atoms with Crippen LogP contribution in [0.3, 0.4) is 0 Å². The van der Waals surface area contributed by atoms with E-state index < -0.39 is 18.0 Å². The van der Waals surface area contributed by atoms with Crippen molar-refractivity contribution in [3.05, 3.63) is 21.9 Å². The lowest BCUT2D eigenvalue weighted by Crippen LogP contribution is -2.11. The Balaban J connectivity index is 3.18. The minimum atomic E-state index is -2.78. The molecule has 1 heterocycles. The third-order valence-corrected chi connectivity index (χ3v) is 2.30. The number of alkyl halides is 2. The second kappa shape index (κ2) is 5.20. The van der Waals surface area contributed by atoms with Crippen molar-refractivity contribution >= 4 is 27.6 Å². The number of carbonyl (C=O) groups excluding carboxylic acids is 1. The number of halogens is 3. The largest absolute Gasteiger partial charge is 0.469 e. The van der Waals surface area contributed by atoms with Crippen LogP contribution >= 0.6 is 15.9 Å². The lowest BCUT2D eigenvalue weighted by atomic mass is 10.1. The predicted molar refractivity (Wildman–Crippen MR) is 57.0 cm³/mol. The highest BCUT2D eigenvalue weighted by molar-refractivity contribution is 9.10. The van der Waals surface area contributed by atoms with Gasteiger partial charge in [-0.2, -0.15) is 0 Å². The van der Waals surface area contributed by atoms with E-state index in [0.29, 0.717) is 4.60 Å². The van der Waals surface area contributed by atoms with Crippen molar-refractivity contribution in [1.82, 2.24) is 4.98 Å². The highest BCUT2D eigenvalue weighted by Crippen LogP contribution is 2.30. The van der Waals surface area contributed by atoms with Crippen molar-refractivity contribution in [2.45, 2.75) is 12.8 Å². The van der Waals surface area contributed by atoms with E-state index >= 15 is 0 Å². The van der Waals surface area contributed by atoms with Gasteiger partial charge in [0.25, 0.3) is 6.43 Å². The fourth-order valence-corrected chi connectivity index (χ4v) is 1.65. The summed E-state index contributed by atoms with van der Waals surface area (Å²) in [4.78, 5) is 14.8. The van der Waals surface area contributed by atoms with E-state index in [2.05, 4.69) is 25.7 Å². The molecule has 0 unspecified atom stereocenters. The van der Waals surface area contributed by atoms with Gasteiger partial charge < -0.3 is 10.5 Å². The van der Waals surface area contributed by atoms with E-state index in [-0.39, 0.29) is 17.8 Å². The molecule has 0 radical (unpaired) electrons. The van der Waals surface area contributed by atoms with Crippen LogP contribution in [0.15, 0.2) is 10.7 Å². The molecule has 0 aliphatic carbocycles. The van der Waals surface area contributed by atoms with Crippen LogP contribution in [0.4, 0.5) is 14.5 Å². The SMILES string of the molecule is COC(=O)Cc1nc(Br)cc(N)c1C(F)F. The third-order valence-electron chi connectivity index (χ3n) is 1.90. The zero-order valence-electron chi connectivity index (χ0n) is 8.34. The molecule has 1 aromatic heterocycles. The Kier molecular flexibility index (Phi) is 4.17. The van der Waals surface area contributed by atoms with E-state index in [0.717, 1.165) is 0 Å². The first-order chi connectivity index (χ1) is 7.45. The minimum absolute atomic E-state index is 0.0753. The quantitative estimate of drug-likeness (QED) is 0.685. The number of carbonyl (C=O) groups is 1. The van der Waals surface area contributed by atoms with Crippen LogP contribution in [0, 0.1) is 0 Å². The van der Waals surface area contributed by atoms with Gasteiger partial charge in [-0.1, -0.05) is 0 Å². The maximum atomic E-state index is 12.7. The lowest BCUT2D eigenvalue weighted by Gasteiger charge is -2.10. The number of nitrogens with two attached hydrogens (primary N) is 1. The van der Waals surface area contributed by atoms with Crippen molar-refractivity contribution < 1.29 is 18.3 Å². The van der Waals surface area contributed by atoms with E-state index in [1.165, 1.54) is 13.2 Å². The van der Waals surface area contributed by atoms with Gasteiger partial charge in [-0.3, -0.25) is 4.79 Å². The molecule has 16 heavy (non-hydrogen) atoms. The minimum Gasteiger partial charge on any atom is -0.469 e. The van der Waals surface area contributed by atoms with Gasteiger partial charge in [0, 0.05) is 5.69 Å². The fraction of sp³-hybridized carbons (Fsp3) is 0.333. The van der Waals surface area contributed by atoms with Gasteiger partial charge in [0.1, 0.15) is 4.60 Å². The number of hydrogen-bond acceptors (Lipinski definition) is 4. The number of aromatic nitrogens is 1. The Hall–Kier alpha value is -1.24. The average molecular weight is 295 g/mol. The molecule has 0 aliphatic rings. The highest BCUT2D eigenvalue weighted by atomic mass is 79.9. The smallest absolute Gasteiger partial charge is 0.311 e. The van der Waals surface area contributed by atoms with Gasteiger partial charge in [-0.25, -0.2) is 13.8 Å². The van der Waals surface area contributed by atoms with E-state index in [4.69, 9.17) is 5.73 Å². The third kappa shape index (κ3) is 2.88. The van der Waals surface area contributed by atoms with Gasteiger partial charge >= 0.3 is 5.97 Å². The summed E-state index contributed by atoms with van der Waals surface area (Å²) in [5.74, 6) is -0.646. The molecule has 0 bridgehead atoms. The molecule has 0 saturated heterocycles. The molecular formula is C9H9BrF2N2O2. The van der Waals surface area contributed by atoms with Gasteiger partial charge in [0.05, 0.1) is 24.8 Å². The normalized spacial score (nSPS) is 10.6. The van der Waals surface area contributed by atoms with Crippen molar-refractivity contribution in [3.63, 3.8) is 0 Å². The zero-order chi connectivity index (χ0) is 12.3. The number of nitrogens with zero attached hydrogens (tertiary/aromatic N) is 1. The first-order valence-electron chi connectivity index (χ1n) is 4.25. The number of pyridine rings is 1. The zero-order valence-corrected chi connectivity index (χ0v) is 9.92. The predicted octanol–water partition coefficient (Wildman–Crippen LogP) is 2.08. The number of esters is 1. The monoisotopic (exact) mass is 294 g/mol. The topological polar surface area (TPSA) is 65.2 Å². The molecule has 1 rings (SSSR count). The van der Waals surface area contributed by atoms with Gasteiger partial charge in [0.15, 0.2) is 0 Å². The van der Waals surface area contributed by atoms with E-state index in [1.807, 2.05) is 0 Å². The first kappa shape index (κ1) is 12.8. The van der Waals surface area contributed by atoms with E-state index in [9.17, 15) is 13.6 Å². The summed E-state index contributed by atoms with van der Waals surface area (Å²) in [6.45, 7) is 0. The van der Waals surface area contributed by atoms with Crippen molar-refractivity contribution in [2.75, 3.05) is 12.8 Å². The summed E-state index contributed by atoms with van der Waals surface area (Å²) < 4.78 is 30.1. The Morgan fingerprint density at radius 2 is 2.31 bits per heavy atom. The molecule has 4 nitrogen and oxygen atoms in total. The van der Waals surface area contributed by atoms with Crippen molar-refractivity contribution in [2.24, 2.45) is 0 Å². The second-order valence-electron chi connectivity index (χ2n) is 2.95. The van der Waals surface area contributed by atoms with Crippen LogP contribution in [0.2, 0.25) is 0 Å². The van der Waals surface area contributed by atoms with Gasteiger partial charge in [-0.05, 0) is 22.0 Å². The first-order valence-corrected chi connectivity index (χ1v) is 5.04. The van der Waals surface area contributed by atoms with Gasteiger partial charge in [0.2, 0.25) is 0 Å². The van der Waals surface area contributed by atoms with Crippen LogP contribution in [0.5, 0.6) is 0 Å². The molecule has 2 N–H and O–H groups in total. The summed E-state index contributed by atoms with van der Waals surface area (Å²) in [5, 5.41) is 0. The molecule has 0 spiro atoms. The number of hydrogen-bond donors (Lipinski definition) is 1. The number of nitrogen functional groups attached to an aromatic ring is 1. The van der Waals surface area contributed by atoms with Crippen LogP contribution in [-0.2, 0) is 16.0 Å². The summed E-state index contributed by atoms with van der Waals surface area (Å²) in [6, 6.07) is 1.27. The lowest BCUT2D eigenvalue weighted by molar-refractivity contribution is -0.139. The molecule has 0 aliphatic heterocycles. The molecule has 0 fully saturated rings. The molecule has 0 aromatic carbocycles. The second-order valence-corrected chi connectivity index (χ2v) is 3.76. The standard InChI is InChI=1S/C9H9BrF2N2O2/c1-16-7(15)3-5-8(9(11)12)4(13)2-6(10)14-5/h2,9H,3H2,1H3,(H2,13,14). The molecule has 0 saturated carbocycles. The van der Waals surface area contributed by atoms with Crippen LogP contribution < -0.4 is 5.73 Å². The number of anilines is 1. The number of rotatable bonds is 3. The van der Waals surface area contributed by atoms with Gasteiger partial charge in [-0.15, -0.1) is 0 Å². The Bertz CT molecular complexity index is 413. The van der Waals surface area contributed by atoms with Crippen LogP contribution in [-0.4, -0.2) is 18.1 Å². The maximum absolute atomic E-state index is 12.7. The molecule has 1 aromatic rings.